The Morgan fingerprint density at radius 3 is 2.85 bits per heavy atom. The van der Waals surface area contributed by atoms with Crippen LogP contribution in [0.4, 0.5) is 0 Å². The van der Waals surface area contributed by atoms with Crippen molar-refractivity contribution in [2.75, 3.05) is 0 Å². The molecule has 2 aromatic rings. The first-order valence-electron chi connectivity index (χ1n) is 3.57. The van der Waals surface area contributed by atoms with Gasteiger partial charge in [-0.3, -0.25) is 0 Å². The summed E-state index contributed by atoms with van der Waals surface area (Å²) in [4.78, 5) is 12.3. The molecule has 0 aliphatic heterocycles. The predicted octanol–water partition coefficient (Wildman–Crippen LogP) is 3.18. The summed E-state index contributed by atoms with van der Waals surface area (Å²) >= 11 is 5.03. The first-order valence-corrected chi connectivity index (χ1v) is 5.18. The van der Waals surface area contributed by atoms with E-state index in [1.807, 2.05) is 12.9 Å². The summed E-state index contributed by atoms with van der Waals surface area (Å²) in [6, 6.07) is 6.28. The zero-order chi connectivity index (χ0) is 9.84. The van der Waals surface area contributed by atoms with Crippen molar-refractivity contribution in [2.45, 2.75) is 6.92 Å². The normalized spacial score (nSPS) is 9.38. The van der Waals surface area contributed by atoms with Gasteiger partial charge in [0.1, 0.15) is 6.79 Å². The number of aromatic nitrogens is 1. The van der Waals surface area contributed by atoms with E-state index in [-0.39, 0.29) is 0 Å². The molecule has 0 atom stereocenters. The van der Waals surface area contributed by atoms with Gasteiger partial charge in [-0.25, -0.2) is 4.98 Å². The van der Waals surface area contributed by atoms with Gasteiger partial charge in [0.15, 0.2) is 3.92 Å². The SMILES string of the molecule is C=O.Cc1ccc2nc(Br)sc2c1. The quantitative estimate of drug-likeness (QED) is 0.726. The van der Waals surface area contributed by atoms with Crippen molar-refractivity contribution >= 4 is 44.3 Å². The van der Waals surface area contributed by atoms with Crippen LogP contribution in [-0.2, 0) is 4.79 Å². The Hall–Kier alpha value is -0.740. The molecule has 0 unspecified atom stereocenters. The highest BCUT2D eigenvalue weighted by Gasteiger charge is 1.99. The Balaban J connectivity index is 0.000000396. The Kier molecular flexibility index (Phi) is 3.57. The van der Waals surface area contributed by atoms with E-state index in [1.54, 1.807) is 11.3 Å². The van der Waals surface area contributed by atoms with Gasteiger partial charge in [0.2, 0.25) is 0 Å². The summed E-state index contributed by atoms with van der Waals surface area (Å²) in [6.07, 6.45) is 0. The summed E-state index contributed by atoms with van der Waals surface area (Å²) in [7, 11) is 0. The smallest absolute Gasteiger partial charge is 0.160 e. The average Bonchev–Trinajstić information content (AvgIpc) is 2.48. The fraction of sp³-hybridized carbons (Fsp3) is 0.111. The van der Waals surface area contributed by atoms with Crippen LogP contribution in [0.25, 0.3) is 10.2 Å². The lowest BCUT2D eigenvalue weighted by atomic mass is 10.2. The van der Waals surface area contributed by atoms with Crippen LogP contribution in [0.3, 0.4) is 0 Å². The molecular weight excluding hydrogens is 250 g/mol. The molecule has 0 aliphatic rings. The molecule has 0 spiro atoms. The lowest BCUT2D eigenvalue weighted by Crippen LogP contribution is -1.69. The Bertz CT molecular complexity index is 413. The number of fused-ring (bicyclic) bond motifs is 1. The molecule has 0 saturated heterocycles. The maximum absolute atomic E-state index is 8.00. The van der Waals surface area contributed by atoms with Crippen LogP contribution >= 0.6 is 27.3 Å². The van der Waals surface area contributed by atoms with E-state index >= 15 is 0 Å². The highest BCUT2D eigenvalue weighted by atomic mass is 79.9. The third-order valence-corrected chi connectivity index (χ3v) is 2.99. The van der Waals surface area contributed by atoms with Gasteiger partial charge in [-0.1, -0.05) is 6.07 Å². The van der Waals surface area contributed by atoms with Gasteiger partial charge >= 0.3 is 0 Å². The van der Waals surface area contributed by atoms with Crippen LogP contribution < -0.4 is 0 Å². The standard InChI is InChI=1S/C8H6BrNS.CH2O/c1-5-2-3-6-7(4-5)11-8(9)10-6;1-2/h2-4H,1H3;1H2. The summed E-state index contributed by atoms with van der Waals surface area (Å²) in [5.74, 6) is 0. The molecule has 0 saturated carbocycles. The molecule has 0 amide bonds. The van der Waals surface area contributed by atoms with E-state index < -0.39 is 0 Å². The third-order valence-electron chi connectivity index (χ3n) is 1.52. The third kappa shape index (κ3) is 2.35. The van der Waals surface area contributed by atoms with Crippen LogP contribution in [0.1, 0.15) is 5.56 Å². The van der Waals surface area contributed by atoms with Crippen molar-refractivity contribution in [3.63, 3.8) is 0 Å². The molecule has 1 aromatic heterocycles. The molecule has 1 aromatic carbocycles. The van der Waals surface area contributed by atoms with E-state index in [1.165, 1.54) is 10.3 Å². The molecule has 2 rings (SSSR count). The molecule has 0 N–H and O–H groups in total. The van der Waals surface area contributed by atoms with Gasteiger partial charge in [0.25, 0.3) is 0 Å². The topological polar surface area (TPSA) is 30.0 Å². The zero-order valence-corrected chi connectivity index (χ0v) is 9.48. The minimum absolute atomic E-state index is 0.957. The molecule has 0 radical (unpaired) electrons. The number of halogens is 1. The highest BCUT2D eigenvalue weighted by Crippen LogP contribution is 2.26. The minimum Gasteiger partial charge on any atom is -0.307 e. The van der Waals surface area contributed by atoms with Gasteiger partial charge < -0.3 is 4.79 Å². The first-order chi connectivity index (χ1) is 6.25. The molecule has 13 heavy (non-hydrogen) atoms. The number of rotatable bonds is 0. The van der Waals surface area contributed by atoms with Crippen molar-refractivity contribution in [3.05, 3.63) is 27.7 Å². The van der Waals surface area contributed by atoms with Crippen molar-refractivity contribution in [2.24, 2.45) is 0 Å². The van der Waals surface area contributed by atoms with Gasteiger partial charge in [-0.15, -0.1) is 11.3 Å². The molecular formula is C9H8BrNOS. The van der Waals surface area contributed by atoms with E-state index in [0.717, 1.165) is 9.43 Å². The summed E-state index contributed by atoms with van der Waals surface area (Å²) < 4.78 is 2.20. The second-order valence-electron chi connectivity index (χ2n) is 2.44. The van der Waals surface area contributed by atoms with Crippen molar-refractivity contribution < 1.29 is 4.79 Å². The van der Waals surface area contributed by atoms with Crippen molar-refractivity contribution in [3.8, 4) is 0 Å². The predicted molar refractivity (Wildman–Crippen MR) is 59.2 cm³/mol. The monoisotopic (exact) mass is 257 g/mol. The van der Waals surface area contributed by atoms with Gasteiger partial charge in [0, 0.05) is 0 Å². The van der Waals surface area contributed by atoms with Crippen LogP contribution in [-0.4, -0.2) is 11.8 Å². The molecule has 68 valence electrons. The van der Waals surface area contributed by atoms with Crippen molar-refractivity contribution in [1.82, 2.24) is 4.98 Å². The maximum Gasteiger partial charge on any atom is 0.160 e. The molecule has 2 nitrogen and oxygen atoms in total. The number of benzene rings is 1. The number of hydrogen-bond donors (Lipinski definition) is 0. The average molecular weight is 258 g/mol. The largest absolute Gasteiger partial charge is 0.307 e. The summed E-state index contributed by atoms with van der Waals surface area (Å²) in [6.45, 7) is 4.09. The molecule has 0 fully saturated rings. The number of nitrogens with zero attached hydrogens (tertiary/aromatic N) is 1. The second-order valence-corrected chi connectivity index (χ2v) is 4.74. The number of carbonyl (C=O) groups is 1. The number of thiazole rings is 1. The van der Waals surface area contributed by atoms with Crippen molar-refractivity contribution in [1.29, 1.82) is 0 Å². The lowest BCUT2D eigenvalue weighted by Gasteiger charge is -1.88. The minimum atomic E-state index is 0.957. The number of hydrogen-bond acceptors (Lipinski definition) is 3. The van der Waals surface area contributed by atoms with E-state index in [9.17, 15) is 0 Å². The second kappa shape index (κ2) is 4.48. The number of aryl methyl sites for hydroxylation is 1. The van der Waals surface area contributed by atoms with E-state index in [4.69, 9.17) is 4.79 Å². The van der Waals surface area contributed by atoms with Crippen LogP contribution in [0.2, 0.25) is 0 Å². The first kappa shape index (κ1) is 10.3. The Morgan fingerprint density at radius 2 is 2.15 bits per heavy atom. The van der Waals surface area contributed by atoms with E-state index in [2.05, 4.69) is 40.0 Å². The fourth-order valence-corrected chi connectivity index (χ4v) is 2.51. The highest BCUT2D eigenvalue weighted by molar-refractivity contribution is 9.11. The molecule has 0 aliphatic carbocycles. The van der Waals surface area contributed by atoms with Crippen LogP contribution in [0.15, 0.2) is 22.1 Å². The molecule has 0 bridgehead atoms. The fourth-order valence-electron chi connectivity index (χ4n) is 1.00. The Labute approximate surface area is 88.7 Å². The number of carbonyl (C=O) groups excluding carboxylic acids is 1. The Morgan fingerprint density at radius 1 is 1.46 bits per heavy atom. The molecule has 1 heterocycles. The zero-order valence-electron chi connectivity index (χ0n) is 7.08. The van der Waals surface area contributed by atoms with Gasteiger partial charge in [-0.2, -0.15) is 0 Å². The van der Waals surface area contributed by atoms with Gasteiger partial charge in [-0.05, 0) is 40.5 Å². The summed E-state index contributed by atoms with van der Waals surface area (Å²) in [5, 5.41) is 0. The van der Waals surface area contributed by atoms with Crippen LogP contribution in [0.5, 0.6) is 0 Å². The summed E-state index contributed by atoms with van der Waals surface area (Å²) in [5.41, 5.74) is 2.36. The lowest BCUT2D eigenvalue weighted by molar-refractivity contribution is -0.0979. The van der Waals surface area contributed by atoms with Crippen LogP contribution in [0, 0.1) is 6.92 Å². The van der Waals surface area contributed by atoms with E-state index in [0.29, 0.717) is 0 Å². The molecule has 4 heteroatoms. The van der Waals surface area contributed by atoms with Gasteiger partial charge in [0.05, 0.1) is 10.2 Å². The maximum atomic E-state index is 8.00.